The molecule has 15 heteroatoms. The van der Waals surface area contributed by atoms with Crippen molar-refractivity contribution in [3.8, 4) is 17.6 Å². The third-order valence-corrected chi connectivity index (χ3v) is 11.6. The molecule has 1 saturated carbocycles. The molecule has 48 heavy (non-hydrogen) atoms. The highest BCUT2D eigenvalue weighted by Gasteiger charge is 2.42. The first kappa shape index (κ1) is 34.7. The Hall–Kier alpha value is -3.16. The molecule has 260 valence electrons. The zero-order valence-electron chi connectivity index (χ0n) is 26.0. The number of hydrogen-bond donors (Lipinski definition) is 3. The van der Waals surface area contributed by atoms with E-state index in [2.05, 4.69) is 32.1 Å². The average molecular weight is 713 g/mol. The van der Waals surface area contributed by atoms with Gasteiger partial charge in [-0.15, -0.1) is 11.3 Å². The highest BCUT2D eigenvalue weighted by atomic mass is 32.2. The Balaban J connectivity index is 1.15. The van der Waals surface area contributed by atoms with Crippen LogP contribution in [0.4, 0.5) is 33.3 Å². The van der Waals surface area contributed by atoms with Gasteiger partial charge in [0.2, 0.25) is 10.0 Å². The molecule has 4 N–H and O–H groups in total. The number of nitrogens with zero attached hydrogens (tertiary/aromatic N) is 1. The van der Waals surface area contributed by atoms with Crippen LogP contribution in [0.5, 0.6) is 5.75 Å². The van der Waals surface area contributed by atoms with E-state index in [1.165, 1.54) is 30.2 Å². The SMILES string of the molecule is NS(=O)(=O)c1ccc(NCC#Cc2sc3c(NC4CCC(N5CCC6(CC5)COC6)CC4)cccc3c2CC(F)(F)F)c(OC(F)F)c1. The van der Waals surface area contributed by atoms with Crippen LogP contribution in [0.1, 0.15) is 49.0 Å². The fourth-order valence-corrected chi connectivity index (χ4v) is 8.59. The maximum absolute atomic E-state index is 13.7. The minimum absolute atomic E-state index is 0.0160. The number of piperidine rings is 1. The van der Waals surface area contributed by atoms with E-state index in [0.717, 1.165) is 69.8 Å². The van der Waals surface area contributed by atoms with Crippen molar-refractivity contribution in [2.24, 2.45) is 10.6 Å². The normalized spacial score (nSPS) is 21.5. The Morgan fingerprint density at radius 2 is 1.81 bits per heavy atom. The molecule has 2 saturated heterocycles. The quantitative estimate of drug-likeness (QED) is 0.171. The Kier molecular flexibility index (Phi) is 10.1. The summed E-state index contributed by atoms with van der Waals surface area (Å²) >= 11 is 1.19. The lowest BCUT2D eigenvalue weighted by atomic mass is 9.76. The van der Waals surface area contributed by atoms with E-state index in [9.17, 15) is 30.4 Å². The van der Waals surface area contributed by atoms with Gasteiger partial charge in [0, 0.05) is 23.6 Å². The van der Waals surface area contributed by atoms with Gasteiger partial charge >= 0.3 is 12.8 Å². The maximum atomic E-state index is 13.7. The summed E-state index contributed by atoms with van der Waals surface area (Å²) in [7, 11) is -4.18. The van der Waals surface area contributed by atoms with E-state index in [4.69, 9.17) is 9.88 Å². The van der Waals surface area contributed by atoms with Gasteiger partial charge in [0.1, 0.15) is 0 Å². The molecule has 0 amide bonds. The monoisotopic (exact) mass is 712 g/mol. The first-order valence-corrected chi connectivity index (χ1v) is 18.2. The van der Waals surface area contributed by atoms with Gasteiger partial charge in [0.05, 0.1) is 52.0 Å². The van der Waals surface area contributed by atoms with Gasteiger partial charge in [-0.1, -0.05) is 24.0 Å². The van der Waals surface area contributed by atoms with Crippen LogP contribution < -0.4 is 20.5 Å². The van der Waals surface area contributed by atoms with Crippen LogP contribution in [0.25, 0.3) is 10.1 Å². The number of likely N-dealkylation sites (tertiary alicyclic amines) is 1. The van der Waals surface area contributed by atoms with E-state index in [1.54, 1.807) is 12.1 Å². The standard InChI is InChI=1S/C33H37F5N4O4S2/c34-31(35)46-28-17-23(48(39,43)44)10-11-26(28)40-14-2-5-29-25(18-33(36,37)38)24-3-1-4-27(30(24)47-29)41-21-6-8-22(9-7-21)42-15-12-32(13-16-42)19-45-20-32/h1,3-4,10-11,17,21-22,31,40-41H,6-9,12-16,18-20H2,(H2,39,43,44). The molecule has 3 heterocycles. The number of thiophene rings is 1. The summed E-state index contributed by atoms with van der Waals surface area (Å²) in [5, 5.41) is 12.0. The Bertz CT molecular complexity index is 1780. The zero-order chi connectivity index (χ0) is 34.1. The number of anilines is 2. The van der Waals surface area contributed by atoms with Crippen molar-refractivity contribution < 1.29 is 39.8 Å². The molecule has 6 rings (SSSR count). The smallest absolute Gasteiger partial charge is 0.393 e. The Morgan fingerprint density at radius 1 is 1.08 bits per heavy atom. The Morgan fingerprint density at radius 3 is 2.44 bits per heavy atom. The van der Waals surface area contributed by atoms with Gasteiger partial charge in [-0.2, -0.15) is 22.0 Å². The molecule has 3 aliphatic rings. The van der Waals surface area contributed by atoms with Gasteiger partial charge < -0.3 is 25.0 Å². The van der Waals surface area contributed by atoms with Gasteiger partial charge in [0.25, 0.3) is 0 Å². The first-order valence-electron chi connectivity index (χ1n) is 15.8. The molecular formula is C33H37F5N4O4S2. The van der Waals surface area contributed by atoms with Crippen molar-refractivity contribution >= 4 is 42.8 Å². The topological polar surface area (TPSA) is 106 Å². The Labute approximate surface area is 280 Å². The van der Waals surface area contributed by atoms with Crippen molar-refractivity contribution in [1.29, 1.82) is 0 Å². The van der Waals surface area contributed by atoms with Crippen molar-refractivity contribution in [1.82, 2.24) is 4.90 Å². The lowest BCUT2D eigenvalue weighted by Gasteiger charge is -2.49. The summed E-state index contributed by atoms with van der Waals surface area (Å²) in [6, 6.07) is 9.26. The van der Waals surface area contributed by atoms with Crippen LogP contribution in [0, 0.1) is 17.3 Å². The van der Waals surface area contributed by atoms with E-state index in [-0.39, 0.29) is 28.7 Å². The predicted molar refractivity (Wildman–Crippen MR) is 175 cm³/mol. The minimum Gasteiger partial charge on any atom is -0.433 e. The van der Waals surface area contributed by atoms with E-state index in [1.807, 2.05) is 6.07 Å². The van der Waals surface area contributed by atoms with Crippen molar-refractivity contribution in [3.63, 3.8) is 0 Å². The van der Waals surface area contributed by atoms with Crippen molar-refractivity contribution in [2.75, 3.05) is 43.5 Å². The first-order chi connectivity index (χ1) is 22.8. The van der Waals surface area contributed by atoms with Gasteiger partial charge in [-0.05, 0) is 80.8 Å². The molecule has 1 aromatic heterocycles. The zero-order valence-corrected chi connectivity index (χ0v) is 27.7. The van der Waals surface area contributed by atoms with Crippen LogP contribution in [-0.4, -0.2) is 71.0 Å². The number of alkyl halides is 5. The second kappa shape index (κ2) is 14.0. The highest BCUT2D eigenvalue weighted by molar-refractivity contribution is 7.89. The number of fused-ring (bicyclic) bond motifs is 1. The second-order valence-corrected chi connectivity index (χ2v) is 15.4. The number of nitrogens with one attached hydrogen (secondary N) is 2. The van der Waals surface area contributed by atoms with Crippen LogP contribution in [0.15, 0.2) is 41.3 Å². The van der Waals surface area contributed by atoms with Crippen LogP contribution in [-0.2, 0) is 21.2 Å². The number of sulfonamides is 1. The molecular weight excluding hydrogens is 676 g/mol. The molecule has 2 aliphatic heterocycles. The molecule has 8 nitrogen and oxygen atoms in total. The molecule has 1 aliphatic carbocycles. The third kappa shape index (κ3) is 8.16. The van der Waals surface area contributed by atoms with Crippen LogP contribution in [0.2, 0.25) is 0 Å². The fourth-order valence-electron chi connectivity index (χ4n) is 6.89. The summed E-state index contributed by atoms with van der Waals surface area (Å²) in [5.41, 5.74) is 1.28. The summed E-state index contributed by atoms with van der Waals surface area (Å²) in [6.45, 7) is 0.614. The number of primary sulfonamides is 1. The van der Waals surface area contributed by atoms with E-state index < -0.39 is 39.9 Å². The number of ether oxygens (including phenoxy) is 2. The maximum Gasteiger partial charge on any atom is 0.393 e. The fraction of sp³-hybridized carbons (Fsp3) is 0.515. The molecule has 0 unspecified atom stereocenters. The molecule has 0 bridgehead atoms. The van der Waals surface area contributed by atoms with Crippen LogP contribution >= 0.6 is 11.3 Å². The lowest BCUT2D eigenvalue weighted by molar-refractivity contribution is -0.143. The van der Waals surface area contributed by atoms with Gasteiger partial charge in [-0.3, -0.25) is 0 Å². The number of benzene rings is 2. The van der Waals surface area contributed by atoms with E-state index >= 15 is 0 Å². The van der Waals surface area contributed by atoms with Crippen LogP contribution in [0.3, 0.4) is 0 Å². The largest absolute Gasteiger partial charge is 0.433 e. The number of halogens is 5. The molecule has 0 radical (unpaired) electrons. The summed E-state index contributed by atoms with van der Waals surface area (Å²) < 4.78 is 101. The highest BCUT2D eigenvalue weighted by Crippen LogP contribution is 2.42. The lowest BCUT2D eigenvalue weighted by Crippen LogP contribution is -2.53. The number of rotatable bonds is 9. The van der Waals surface area contributed by atoms with Gasteiger partial charge in [-0.25, -0.2) is 13.6 Å². The molecule has 1 spiro atoms. The third-order valence-electron chi connectivity index (χ3n) is 9.51. The second-order valence-electron chi connectivity index (χ2n) is 12.8. The molecule has 0 atom stereocenters. The predicted octanol–water partition coefficient (Wildman–Crippen LogP) is 6.55. The summed E-state index contributed by atoms with van der Waals surface area (Å²) in [5.74, 6) is 5.15. The summed E-state index contributed by atoms with van der Waals surface area (Å²) in [6.07, 6.45) is 0.852. The van der Waals surface area contributed by atoms with Gasteiger partial charge in [0.15, 0.2) is 5.75 Å². The average Bonchev–Trinajstić information content (AvgIpc) is 3.35. The summed E-state index contributed by atoms with van der Waals surface area (Å²) in [4.78, 5) is 2.46. The number of hydrogen-bond acceptors (Lipinski definition) is 8. The molecule has 2 aromatic carbocycles. The minimum atomic E-state index is -4.46. The van der Waals surface area contributed by atoms with E-state index in [0.29, 0.717) is 21.5 Å². The molecule has 3 aromatic rings. The number of nitrogens with two attached hydrogens (primary N) is 1. The van der Waals surface area contributed by atoms with Crippen molar-refractivity contribution in [3.05, 3.63) is 46.8 Å². The molecule has 3 fully saturated rings. The van der Waals surface area contributed by atoms with Crippen molar-refractivity contribution in [2.45, 2.75) is 74.7 Å².